The van der Waals surface area contributed by atoms with Gasteiger partial charge < -0.3 is 0 Å². The second-order valence-electron chi connectivity index (χ2n) is 2.43. The van der Waals surface area contributed by atoms with Crippen LogP contribution in [-0.2, 0) is 20.2 Å². The molecular weight excluding hydrogens is 220 g/mol. The second-order valence-corrected chi connectivity index (χ2v) is 5.57. The third-order valence-electron chi connectivity index (χ3n) is 1.31. The lowest BCUT2D eigenvalue weighted by atomic mass is 10.3. The van der Waals surface area contributed by atoms with Crippen LogP contribution in [0.1, 0.15) is 26.2 Å². The molecule has 0 aliphatic rings. The third kappa shape index (κ3) is 4.55. The van der Waals surface area contributed by atoms with Gasteiger partial charge in [-0.2, -0.15) is 16.8 Å². The van der Waals surface area contributed by atoms with E-state index in [2.05, 4.69) is 0 Å². The quantitative estimate of drug-likeness (QED) is 0.664. The molecule has 0 saturated carbocycles. The molecule has 8 heteroatoms. The molecule has 0 aromatic carbocycles. The minimum absolute atomic E-state index is 0.259. The molecule has 6 nitrogen and oxygen atoms in total. The van der Waals surface area contributed by atoms with Crippen molar-refractivity contribution in [3.05, 3.63) is 4.58 Å². The minimum atomic E-state index is -4.82. The molecule has 0 spiro atoms. The maximum absolute atomic E-state index is 10.5. The predicted molar refractivity (Wildman–Crippen MR) is 45.9 cm³/mol. The van der Waals surface area contributed by atoms with Crippen molar-refractivity contribution in [1.29, 1.82) is 0 Å². The molecule has 0 rings (SSSR count). The van der Waals surface area contributed by atoms with E-state index >= 15 is 0 Å². The Morgan fingerprint density at radius 3 is 1.69 bits per heavy atom. The molecule has 0 aliphatic carbocycles. The maximum atomic E-state index is 10.5. The van der Waals surface area contributed by atoms with Crippen molar-refractivity contribution in [3.8, 4) is 0 Å². The molecule has 0 amide bonds. The molecule has 0 aromatic heterocycles. The van der Waals surface area contributed by atoms with E-state index in [1.54, 1.807) is 6.92 Å². The van der Waals surface area contributed by atoms with E-state index in [0.717, 1.165) is 0 Å². The molecule has 1 radical (unpaired) electrons. The number of unbranched alkanes of at least 4 members (excludes halogenated alkanes) is 1. The van der Waals surface area contributed by atoms with Gasteiger partial charge >= 0.3 is 0 Å². The molecule has 13 heavy (non-hydrogen) atoms. The summed E-state index contributed by atoms with van der Waals surface area (Å²) in [5.74, 6) is 0. The summed E-state index contributed by atoms with van der Waals surface area (Å²) in [6, 6.07) is 0. The zero-order chi connectivity index (χ0) is 10.7. The normalized spacial score (nSPS) is 13.5. The van der Waals surface area contributed by atoms with Gasteiger partial charge in [0.1, 0.15) is 0 Å². The lowest BCUT2D eigenvalue weighted by molar-refractivity contribution is 0.465. The summed E-state index contributed by atoms with van der Waals surface area (Å²) in [5.41, 5.74) is 0. The Bertz CT molecular complexity index is 307. The van der Waals surface area contributed by atoms with Gasteiger partial charge in [-0.05, 0) is 6.42 Å². The van der Waals surface area contributed by atoms with Gasteiger partial charge in [-0.3, -0.25) is 9.11 Å². The van der Waals surface area contributed by atoms with Crippen molar-refractivity contribution >= 4 is 20.2 Å². The van der Waals surface area contributed by atoms with Gasteiger partial charge in [0, 0.05) is 0 Å². The van der Waals surface area contributed by atoms with Gasteiger partial charge in [-0.15, -0.1) is 0 Å². The Balaban J connectivity index is 4.81. The molecule has 2 N–H and O–H groups in total. The van der Waals surface area contributed by atoms with Gasteiger partial charge in [-0.1, -0.05) is 19.8 Å². The Morgan fingerprint density at radius 2 is 1.46 bits per heavy atom. The summed E-state index contributed by atoms with van der Waals surface area (Å²) >= 11 is 0. The molecular formula is C5H11O6S2. The van der Waals surface area contributed by atoms with E-state index in [1.807, 2.05) is 0 Å². The SMILES string of the molecule is CCCC[C](S(=O)(=O)O)S(=O)(=O)O. The maximum Gasteiger partial charge on any atom is 0.290 e. The highest BCUT2D eigenvalue weighted by atomic mass is 32.3. The van der Waals surface area contributed by atoms with Crippen LogP contribution in [0.15, 0.2) is 0 Å². The highest BCUT2D eigenvalue weighted by Gasteiger charge is 2.36. The van der Waals surface area contributed by atoms with E-state index in [9.17, 15) is 16.8 Å². The average molecular weight is 231 g/mol. The first-order chi connectivity index (χ1) is 5.69. The van der Waals surface area contributed by atoms with Crippen LogP contribution in [0, 0.1) is 4.58 Å². The molecule has 0 unspecified atom stereocenters. The zero-order valence-electron chi connectivity index (χ0n) is 6.97. The summed E-state index contributed by atoms with van der Waals surface area (Å²) in [4.78, 5) is 0. The van der Waals surface area contributed by atoms with Gasteiger partial charge in [0.15, 0.2) is 0 Å². The van der Waals surface area contributed by atoms with Crippen molar-refractivity contribution in [1.82, 2.24) is 0 Å². The Morgan fingerprint density at radius 1 is 1.08 bits per heavy atom. The summed E-state index contributed by atoms with van der Waals surface area (Å²) in [7, 11) is -9.63. The fraction of sp³-hybridized carbons (Fsp3) is 0.800. The Kier molecular flexibility index (Phi) is 4.30. The first kappa shape index (κ1) is 12.8. The summed E-state index contributed by atoms with van der Waals surface area (Å²) in [6.45, 7) is 1.71. The van der Waals surface area contributed by atoms with Crippen LogP contribution in [0.2, 0.25) is 0 Å². The van der Waals surface area contributed by atoms with Crippen molar-refractivity contribution in [2.75, 3.05) is 0 Å². The van der Waals surface area contributed by atoms with Crippen LogP contribution in [0.4, 0.5) is 0 Å². The van der Waals surface area contributed by atoms with E-state index < -0.39 is 24.8 Å². The monoisotopic (exact) mass is 231 g/mol. The van der Waals surface area contributed by atoms with Crippen molar-refractivity contribution in [2.45, 2.75) is 26.2 Å². The van der Waals surface area contributed by atoms with Gasteiger partial charge in [-0.25, -0.2) is 0 Å². The van der Waals surface area contributed by atoms with Gasteiger partial charge in [0.25, 0.3) is 24.8 Å². The molecule has 0 aliphatic heterocycles. The van der Waals surface area contributed by atoms with Crippen LogP contribution >= 0.6 is 0 Å². The van der Waals surface area contributed by atoms with Gasteiger partial charge in [0.05, 0.1) is 0 Å². The highest BCUT2D eigenvalue weighted by Crippen LogP contribution is 2.22. The number of hydrogen-bond acceptors (Lipinski definition) is 4. The topological polar surface area (TPSA) is 109 Å². The summed E-state index contributed by atoms with van der Waals surface area (Å²) < 4.78 is 57.5. The minimum Gasteiger partial charge on any atom is -0.284 e. The fourth-order valence-corrected chi connectivity index (χ4v) is 2.58. The summed E-state index contributed by atoms with van der Waals surface area (Å²) in [6.07, 6.45) is 0.428. The van der Waals surface area contributed by atoms with Crippen molar-refractivity contribution in [3.63, 3.8) is 0 Å². The lowest BCUT2D eigenvalue weighted by Crippen LogP contribution is -2.21. The largest absolute Gasteiger partial charge is 0.290 e. The molecule has 0 bridgehead atoms. The molecule has 0 atom stereocenters. The smallest absolute Gasteiger partial charge is 0.284 e. The lowest BCUT2D eigenvalue weighted by Gasteiger charge is -2.07. The van der Waals surface area contributed by atoms with Crippen LogP contribution in [0.3, 0.4) is 0 Å². The number of rotatable bonds is 5. The van der Waals surface area contributed by atoms with E-state index in [1.165, 1.54) is 0 Å². The Hall–Kier alpha value is -0.180. The molecule has 0 saturated heterocycles. The van der Waals surface area contributed by atoms with Crippen LogP contribution in [0.5, 0.6) is 0 Å². The van der Waals surface area contributed by atoms with Crippen molar-refractivity contribution in [2.24, 2.45) is 0 Å². The number of hydrogen-bond donors (Lipinski definition) is 2. The van der Waals surface area contributed by atoms with E-state index in [-0.39, 0.29) is 12.8 Å². The highest BCUT2D eigenvalue weighted by molar-refractivity contribution is 8.07. The summed E-state index contributed by atoms with van der Waals surface area (Å²) in [5, 5.41) is 0. The molecule has 0 fully saturated rings. The van der Waals surface area contributed by atoms with Gasteiger partial charge in [0.2, 0.25) is 0 Å². The van der Waals surface area contributed by atoms with Crippen molar-refractivity contribution < 1.29 is 25.9 Å². The standard InChI is InChI=1S/C5H11O6S2/c1-2-3-4-5(12(6,7)8)13(9,10)11/h2-4H2,1H3,(H,6,7,8)(H,9,10,11). The van der Waals surface area contributed by atoms with Crippen LogP contribution in [0.25, 0.3) is 0 Å². The Labute approximate surface area is 77.5 Å². The average Bonchev–Trinajstić information content (AvgIpc) is 1.81. The molecule has 0 heterocycles. The second kappa shape index (κ2) is 4.36. The first-order valence-corrected chi connectivity index (χ1v) is 6.38. The molecule has 0 aromatic rings. The predicted octanol–water partition coefficient (Wildman–Crippen LogP) is 0.442. The van der Waals surface area contributed by atoms with Crippen LogP contribution < -0.4 is 0 Å². The third-order valence-corrected chi connectivity index (χ3v) is 4.13. The first-order valence-electron chi connectivity index (χ1n) is 3.50. The molecule has 79 valence electrons. The van der Waals surface area contributed by atoms with E-state index in [4.69, 9.17) is 9.11 Å². The zero-order valence-corrected chi connectivity index (χ0v) is 8.60. The van der Waals surface area contributed by atoms with E-state index in [0.29, 0.717) is 6.42 Å². The van der Waals surface area contributed by atoms with Crippen LogP contribution in [-0.4, -0.2) is 25.9 Å². The fourth-order valence-electron chi connectivity index (χ4n) is 0.712.